The molecule has 1 saturated carbocycles. The Bertz CT molecular complexity index is 288. The van der Waals surface area contributed by atoms with Gasteiger partial charge in [-0.3, -0.25) is 0 Å². The normalized spacial score (nSPS) is 37.1. The van der Waals surface area contributed by atoms with Gasteiger partial charge in [-0.25, -0.2) is 0 Å². The minimum atomic E-state index is 0.713. The van der Waals surface area contributed by atoms with Crippen LogP contribution in [0.5, 0.6) is 0 Å². The van der Waals surface area contributed by atoms with Gasteiger partial charge in [0.15, 0.2) is 0 Å². The van der Waals surface area contributed by atoms with Crippen LogP contribution in [-0.4, -0.2) is 0 Å². The van der Waals surface area contributed by atoms with E-state index in [0.29, 0.717) is 5.92 Å². The van der Waals surface area contributed by atoms with Gasteiger partial charge in [0.2, 0.25) is 0 Å². The fourth-order valence-corrected chi connectivity index (χ4v) is 3.40. The maximum Gasteiger partial charge on any atom is 0.00320 e. The minimum Gasteiger partial charge on any atom is -0.143 e. The summed E-state index contributed by atoms with van der Waals surface area (Å²) in [5.41, 5.74) is 1.64. The molecule has 0 aromatic carbocycles. The molecule has 2 unspecified atom stereocenters. The van der Waals surface area contributed by atoms with E-state index in [0.717, 1.165) is 11.8 Å². The third kappa shape index (κ3) is 2.50. The Morgan fingerprint density at radius 3 is 2.67 bits per heavy atom. The third-order valence-corrected chi connectivity index (χ3v) is 4.45. The molecular formula is C14H22S. The lowest BCUT2D eigenvalue weighted by Crippen LogP contribution is -2.21. The molecule has 0 aliphatic heterocycles. The van der Waals surface area contributed by atoms with Gasteiger partial charge in [-0.15, -0.1) is 12.6 Å². The highest BCUT2D eigenvalue weighted by Crippen LogP contribution is 2.41. The molecular weight excluding hydrogens is 200 g/mol. The van der Waals surface area contributed by atoms with Gasteiger partial charge in [0.05, 0.1) is 0 Å². The van der Waals surface area contributed by atoms with Crippen LogP contribution in [0.15, 0.2) is 22.6 Å². The number of rotatable bonds is 1. The first kappa shape index (κ1) is 11.3. The van der Waals surface area contributed by atoms with Crippen LogP contribution in [0.3, 0.4) is 0 Å². The first-order valence-corrected chi connectivity index (χ1v) is 6.73. The van der Waals surface area contributed by atoms with Gasteiger partial charge < -0.3 is 0 Å². The zero-order valence-electron chi connectivity index (χ0n) is 9.87. The van der Waals surface area contributed by atoms with Crippen LogP contribution < -0.4 is 0 Å². The van der Waals surface area contributed by atoms with Crippen LogP contribution in [-0.2, 0) is 0 Å². The third-order valence-electron chi connectivity index (χ3n) is 4.01. The van der Waals surface area contributed by atoms with E-state index in [1.54, 1.807) is 5.57 Å². The number of thiol groups is 1. The van der Waals surface area contributed by atoms with Crippen molar-refractivity contribution in [2.45, 2.75) is 46.0 Å². The van der Waals surface area contributed by atoms with Gasteiger partial charge in [-0.1, -0.05) is 50.8 Å². The predicted molar refractivity (Wildman–Crippen MR) is 70.1 cm³/mol. The summed E-state index contributed by atoms with van der Waals surface area (Å²) in [6, 6.07) is 0. The summed E-state index contributed by atoms with van der Waals surface area (Å²) in [7, 11) is 0. The lowest BCUT2D eigenvalue weighted by Gasteiger charge is -2.33. The lowest BCUT2D eigenvalue weighted by molar-refractivity contribution is 0.284. The molecule has 0 aromatic heterocycles. The second-order valence-corrected chi connectivity index (χ2v) is 5.80. The fraction of sp³-hybridized carbons (Fsp3) is 0.714. The van der Waals surface area contributed by atoms with Gasteiger partial charge in [-0.05, 0) is 30.6 Å². The molecule has 2 aliphatic rings. The van der Waals surface area contributed by atoms with Crippen LogP contribution in [0.1, 0.15) is 46.0 Å². The summed E-state index contributed by atoms with van der Waals surface area (Å²) in [5, 5.41) is 0. The molecule has 0 aromatic rings. The highest BCUT2D eigenvalue weighted by Gasteiger charge is 2.27. The van der Waals surface area contributed by atoms with E-state index in [1.165, 1.54) is 37.0 Å². The van der Waals surface area contributed by atoms with Gasteiger partial charge in [0.1, 0.15) is 0 Å². The molecule has 1 heteroatoms. The van der Waals surface area contributed by atoms with Crippen molar-refractivity contribution in [3.8, 4) is 0 Å². The van der Waals surface area contributed by atoms with Crippen LogP contribution in [0, 0.1) is 17.8 Å². The Morgan fingerprint density at radius 1 is 1.20 bits per heavy atom. The number of allylic oxidation sites excluding steroid dienone is 3. The maximum atomic E-state index is 4.64. The Morgan fingerprint density at radius 2 is 1.93 bits per heavy atom. The van der Waals surface area contributed by atoms with E-state index in [1.807, 2.05) is 0 Å². The van der Waals surface area contributed by atoms with Gasteiger partial charge in [-0.2, -0.15) is 0 Å². The molecule has 84 valence electrons. The van der Waals surface area contributed by atoms with Crippen molar-refractivity contribution in [1.82, 2.24) is 0 Å². The Hall–Kier alpha value is -0.170. The topological polar surface area (TPSA) is 0 Å². The molecule has 3 atom stereocenters. The van der Waals surface area contributed by atoms with Crippen molar-refractivity contribution in [1.29, 1.82) is 0 Å². The molecule has 0 amide bonds. The van der Waals surface area contributed by atoms with Crippen molar-refractivity contribution in [2.24, 2.45) is 17.8 Å². The first-order valence-electron chi connectivity index (χ1n) is 6.28. The first-order chi connectivity index (χ1) is 7.18. The molecule has 0 saturated heterocycles. The zero-order chi connectivity index (χ0) is 10.8. The second-order valence-electron chi connectivity index (χ2n) is 5.32. The van der Waals surface area contributed by atoms with Crippen molar-refractivity contribution >= 4 is 12.6 Å². The summed E-state index contributed by atoms with van der Waals surface area (Å²) < 4.78 is 0. The average Bonchev–Trinajstić information content (AvgIpc) is 2.23. The Labute approximate surface area is 99.2 Å². The molecule has 2 aliphatic carbocycles. The van der Waals surface area contributed by atoms with Crippen LogP contribution in [0.2, 0.25) is 0 Å². The van der Waals surface area contributed by atoms with Crippen LogP contribution in [0.25, 0.3) is 0 Å². The molecule has 1 fully saturated rings. The average molecular weight is 222 g/mol. The van der Waals surface area contributed by atoms with E-state index >= 15 is 0 Å². The molecule has 0 radical (unpaired) electrons. The Kier molecular flexibility index (Phi) is 3.60. The molecule has 2 rings (SSSR count). The molecule has 0 spiro atoms. The second kappa shape index (κ2) is 4.78. The SMILES string of the molecule is CC1CCCCC1C1=C(S)C=C[C@H](C)C1. The highest BCUT2D eigenvalue weighted by atomic mass is 32.1. The summed E-state index contributed by atoms with van der Waals surface area (Å²) in [5.74, 6) is 2.40. The van der Waals surface area contributed by atoms with E-state index in [4.69, 9.17) is 0 Å². The van der Waals surface area contributed by atoms with Gasteiger partial charge in [0, 0.05) is 4.91 Å². The summed E-state index contributed by atoms with van der Waals surface area (Å²) in [6.45, 7) is 4.73. The monoisotopic (exact) mass is 222 g/mol. The Balaban J connectivity index is 2.17. The van der Waals surface area contributed by atoms with E-state index < -0.39 is 0 Å². The molecule has 0 bridgehead atoms. The summed E-state index contributed by atoms with van der Waals surface area (Å²) >= 11 is 4.64. The highest BCUT2D eigenvalue weighted by molar-refractivity contribution is 7.84. The largest absolute Gasteiger partial charge is 0.143 e. The number of hydrogen-bond donors (Lipinski definition) is 1. The fourth-order valence-electron chi connectivity index (χ4n) is 3.06. The maximum absolute atomic E-state index is 4.64. The molecule has 15 heavy (non-hydrogen) atoms. The molecule has 0 N–H and O–H groups in total. The van der Waals surface area contributed by atoms with Crippen molar-refractivity contribution in [3.63, 3.8) is 0 Å². The quantitative estimate of drug-likeness (QED) is 0.616. The summed E-state index contributed by atoms with van der Waals surface area (Å²) in [6.07, 6.45) is 11.4. The van der Waals surface area contributed by atoms with Crippen molar-refractivity contribution in [3.05, 3.63) is 22.6 Å². The standard InChI is InChI=1S/C14H22S/c1-10-7-8-14(15)13(9-10)12-6-4-3-5-11(12)2/h7-8,10-12,15H,3-6,9H2,1-2H3/t10-,11?,12?/m0/s1. The van der Waals surface area contributed by atoms with Crippen LogP contribution in [0.4, 0.5) is 0 Å². The molecule has 0 heterocycles. The van der Waals surface area contributed by atoms with Gasteiger partial charge >= 0.3 is 0 Å². The smallest absolute Gasteiger partial charge is 0.00320 e. The van der Waals surface area contributed by atoms with E-state index in [-0.39, 0.29) is 0 Å². The van der Waals surface area contributed by atoms with Crippen molar-refractivity contribution < 1.29 is 0 Å². The van der Waals surface area contributed by atoms with Gasteiger partial charge in [0.25, 0.3) is 0 Å². The van der Waals surface area contributed by atoms with E-state index in [2.05, 4.69) is 38.6 Å². The van der Waals surface area contributed by atoms with E-state index in [9.17, 15) is 0 Å². The zero-order valence-corrected chi connectivity index (χ0v) is 10.8. The minimum absolute atomic E-state index is 0.713. The lowest BCUT2D eigenvalue weighted by atomic mass is 9.73. The number of hydrogen-bond acceptors (Lipinski definition) is 1. The van der Waals surface area contributed by atoms with Crippen LogP contribution >= 0.6 is 12.6 Å². The molecule has 0 nitrogen and oxygen atoms in total. The predicted octanol–water partition coefficient (Wildman–Crippen LogP) is 4.59. The summed E-state index contributed by atoms with van der Waals surface area (Å²) in [4.78, 5) is 1.26. The van der Waals surface area contributed by atoms with Crippen molar-refractivity contribution in [2.75, 3.05) is 0 Å².